The van der Waals surface area contributed by atoms with E-state index in [0.717, 1.165) is 11.4 Å². The second-order valence-corrected chi connectivity index (χ2v) is 9.46. The van der Waals surface area contributed by atoms with Crippen LogP contribution in [0.3, 0.4) is 0 Å². The number of hydrazone groups is 1. The van der Waals surface area contributed by atoms with Gasteiger partial charge in [0, 0.05) is 28.2 Å². The molecule has 5 rings (SSSR count). The van der Waals surface area contributed by atoms with Gasteiger partial charge in [-0.15, -0.1) is 0 Å². The van der Waals surface area contributed by atoms with Crippen molar-refractivity contribution in [1.29, 1.82) is 0 Å². The van der Waals surface area contributed by atoms with Crippen LogP contribution in [0.4, 0.5) is 11.4 Å². The maximum absolute atomic E-state index is 12.9. The summed E-state index contributed by atoms with van der Waals surface area (Å²) in [6, 6.07) is 8.38. The Bertz CT molecular complexity index is 1290. The van der Waals surface area contributed by atoms with Gasteiger partial charge in [0.25, 0.3) is 17.5 Å². The summed E-state index contributed by atoms with van der Waals surface area (Å²) in [6.07, 6.45) is 5.95. The minimum absolute atomic E-state index is 0.0363. The van der Waals surface area contributed by atoms with E-state index in [-0.39, 0.29) is 52.9 Å². The minimum atomic E-state index is -0.618. The molecular weight excluding hydrogens is 524 g/mol. The van der Waals surface area contributed by atoms with Gasteiger partial charge in [0.1, 0.15) is 6.61 Å². The largest absolute Gasteiger partial charge is 0.481 e. The van der Waals surface area contributed by atoms with Crippen LogP contribution >= 0.6 is 15.9 Å². The molecule has 0 aromatic heterocycles. The highest BCUT2D eigenvalue weighted by molar-refractivity contribution is 9.10. The van der Waals surface area contributed by atoms with Crippen molar-refractivity contribution in [3.63, 3.8) is 0 Å². The summed E-state index contributed by atoms with van der Waals surface area (Å²) in [5, 5.41) is 27.5. The molecule has 0 radical (unpaired) electrons. The Morgan fingerprint density at radius 3 is 2.23 bits per heavy atom. The maximum Gasteiger partial charge on any atom is 0.312 e. The summed E-state index contributed by atoms with van der Waals surface area (Å²) >= 11 is 3.23. The molecule has 0 spiro atoms. The summed E-state index contributed by atoms with van der Waals surface area (Å²) in [6.45, 7) is -0.109. The second-order valence-electron chi connectivity index (χ2n) is 8.55. The number of amides is 2. The lowest BCUT2D eigenvalue weighted by Gasteiger charge is -2.13. The van der Waals surface area contributed by atoms with Crippen LogP contribution in [0.25, 0.3) is 0 Å². The summed E-state index contributed by atoms with van der Waals surface area (Å²) < 4.78 is 6.12. The Balaban J connectivity index is 1.42. The van der Waals surface area contributed by atoms with Crippen LogP contribution in [-0.4, -0.2) is 32.9 Å². The first-order chi connectivity index (χ1) is 16.7. The average molecular weight is 541 g/mol. The predicted octanol–water partition coefficient (Wildman–Crippen LogP) is 3.99. The van der Waals surface area contributed by atoms with Crippen molar-refractivity contribution in [3.05, 3.63) is 84.4 Å². The Morgan fingerprint density at radius 1 is 1.03 bits per heavy atom. The molecule has 0 N–H and O–H groups in total. The highest BCUT2D eigenvalue weighted by Crippen LogP contribution is 2.52. The maximum atomic E-state index is 12.9. The second kappa shape index (κ2) is 8.69. The quantitative estimate of drug-likeness (QED) is 0.169. The van der Waals surface area contributed by atoms with Crippen LogP contribution in [0.5, 0.6) is 5.75 Å². The molecule has 4 atom stereocenters. The molecule has 1 saturated carbocycles. The zero-order valence-electron chi connectivity index (χ0n) is 17.9. The van der Waals surface area contributed by atoms with E-state index < -0.39 is 21.7 Å². The van der Waals surface area contributed by atoms with E-state index in [1.54, 1.807) is 0 Å². The number of hydrogen-bond donors (Lipinski definition) is 0. The van der Waals surface area contributed by atoms with E-state index in [4.69, 9.17) is 4.74 Å². The number of carbonyl (C=O) groups excluding carboxylic acids is 2. The van der Waals surface area contributed by atoms with E-state index in [1.165, 1.54) is 42.6 Å². The van der Waals surface area contributed by atoms with Crippen molar-refractivity contribution in [2.45, 2.75) is 13.0 Å². The van der Waals surface area contributed by atoms with E-state index in [1.807, 2.05) is 12.2 Å². The fraction of sp³-hybridized carbons (Fsp3) is 0.261. The lowest BCUT2D eigenvalue weighted by Crippen LogP contribution is -2.28. The fourth-order valence-corrected chi connectivity index (χ4v) is 5.44. The molecule has 35 heavy (non-hydrogen) atoms. The molecule has 12 heteroatoms. The summed E-state index contributed by atoms with van der Waals surface area (Å²) in [7, 11) is 0. The van der Waals surface area contributed by atoms with Gasteiger partial charge in [-0.25, -0.2) is 0 Å². The molecule has 2 amide bonds. The number of hydrogen-bond acceptors (Lipinski definition) is 8. The molecule has 2 aromatic rings. The molecule has 2 aromatic carbocycles. The van der Waals surface area contributed by atoms with Gasteiger partial charge in [-0.05, 0) is 42.0 Å². The first kappa shape index (κ1) is 22.8. The number of carbonyl (C=O) groups is 2. The van der Waals surface area contributed by atoms with Gasteiger partial charge in [-0.3, -0.25) is 29.8 Å². The van der Waals surface area contributed by atoms with Crippen molar-refractivity contribution >= 4 is 45.3 Å². The monoisotopic (exact) mass is 540 g/mol. The lowest BCUT2D eigenvalue weighted by molar-refractivity contribution is -0.386. The third-order valence-corrected chi connectivity index (χ3v) is 7.01. The van der Waals surface area contributed by atoms with Gasteiger partial charge in [0.05, 0.1) is 27.9 Å². The van der Waals surface area contributed by atoms with E-state index in [9.17, 15) is 29.8 Å². The number of rotatable bonds is 7. The number of nitro benzene ring substituents is 2. The molecule has 2 bridgehead atoms. The van der Waals surface area contributed by atoms with Gasteiger partial charge >= 0.3 is 5.69 Å². The third-order valence-electron chi connectivity index (χ3n) is 6.55. The minimum Gasteiger partial charge on any atom is -0.481 e. The van der Waals surface area contributed by atoms with E-state index >= 15 is 0 Å². The number of ether oxygens (including phenoxy) is 1. The Morgan fingerprint density at radius 2 is 1.66 bits per heavy atom. The first-order valence-corrected chi connectivity index (χ1v) is 11.5. The van der Waals surface area contributed by atoms with Gasteiger partial charge in [0.2, 0.25) is 5.75 Å². The van der Waals surface area contributed by atoms with Gasteiger partial charge in [0.15, 0.2) is 0 Å². The molecular formula is C23H17BrN4O7. The van der Waals surface area contributed by atoms with Crippen molar-refractivity contribution in [2.24, 2.45) is 28.8 Å². The number of fused-ring (bicyclic) bond motifs is 5. The number of benzene rings is 2. The smallest absolute Gasteiger partial charge is 0.312 e. The van der Waals surface area contributed by atoms with Crippen LogP contribution in [0.2, 0.25) is 0 Å². The topological polar surface area (TPSA) is 145 Å². The Hall–Kier alpha value is -3.93. The number of nitro groups is 2. The summed E-state index contributed by atoms with van der Waals surface area (Å²) in [4.78, 5) is 47.2. The first-order valence-electron chi connectivity index (χ1n) is 10.7. The van der Waals surface area contributed by atoms with Crippen molar-refractivity contribution in [2.75, 3.05) is 0 Å². The van der Waals surface area contributed by atoms with Crippen LogP contribution in [0.1, 0.15) is 17.5 Å². The Kier molecular flexibility index (Phi) is 5.67. The molecule has 11 nitrogen and oxygen atoms in total. The highest BCUT2D eigenvalue weighted by atomic mass is 79.9. The number of nitrogens with zero attached hydrogens (tertiary/aromatic N) is 4. The number of non-ortho nitro benzene ring substituents is 1. The molecule has 3 aliphatic rings. The highest BCUT2D eigenvalue weighted by Gasteiger charge is 2.59. The zero-order valence-corrected chi connectivity index (χ0v) is 19.5. The SMILES string of the molecule is O=C1[C@@H]2[C@H](C(=O)N1N=Cc1cc(Br)cc([N+](=O)[O-])c1OCc1ccc([N+](=O)[O-])cc1)[C@H]1C=C[C@H]2C1. The van der Waals surface area contributed by atoms with Crippen LogP contribution < -0.4 is 4.74 Å². The Labute approximate surface area is 206 Å². The fourth-order valence-electron chi connectivity index (χ4n) is 4.98. The van der Waals surface area contributed by atoms with Crippen molar-refractivity contribution in [3.8, 4) is 5.75 Å². The summed E-state index contributed by atoms with van der Waals surface area (Å²) in [5.74, 6) is -1.60. The van der Waals surface area contributed by atoms with E-state index in [2.05, 4.69) is 21.0 Å². The molecule has 2 fully saturated rings. The average Bonchev–Trinajstić information content (AvgIpc) is 3.51. The molecule has 1 saturated heterocycles. The van der Waals surface area contributed by atoms with Crippen LogP contribution in [0, 0.1) is 43.9 Å². The van der Waals surface area contributed by atoms with Crippen LogP contribution in [-0.2, 0) is 16.2 Å². The number of halogens is 1. The molecule has 178 valence electrons. The van der Waals surface area contributed by atoms with Crippen molar-refractivity contribution in [1.82, 2.24) is 5.01 Å². The van der Waals surface area contributed by atoms with Crippen molar-refractivity contribution < 1.29 is 24.2 Å². The normalized spacial score (nSPS) is 24.4. The molecule has 0 unspecified atom stereocenters. The van der Waals surface area contributed by atoms with Gasteiger partial charge in [-0.2, -0.15) is 10.1 Å². The lowest BCUT2D eigenvalue weighted by atomic mass is 9.85. The zero-order chi connectivity index (χ0) is 24.9. The molecule has 1 heterocycles. The third kappa shape index (κ3) is 3.99. The standard InChI is InChI=1S/C23H17BrN4O7/c24-16-8-15(10-25-26-22(29)19-13-3-4-14(7-13)20(19)23(26)30)21(18(9-16)28(33)34)35-11-12-1-5-17(6-2-12)27(31)32/h1-6,8-10,13-14,19-20H,7,11H2/t13-,14-,19-,20+/m0/s1. The van der Waals surface area contributed by atoms with E-state index in [0.29, 0.717) is 10.0 Å². The van der Waals surface area contributed by atoms with Gasteiger partial charge in [-0.1, -0.05) is 28.1 Å². The number of imide groups is 1. The summed E-state index contributed by atoms with van der Waals surface area (Å²) in [5.41, 5.74) is 0.300. The predicted molar refractivity (Wildman–Crippen MR) is 125 cm³/mol. The van der Waals surface area contributed by atoms with Crippen LogP contribution in [0.15, 0.2) is 58.1 Å². The molecule has 1 aliphatic heterocycles. The number of allylic oxidation sites excluding steroid dienone is 2. The molecule has 2 aliphatic carbocycles. The van der Waals surface area contributed by atoms with Gasteiger partial charge < -0.3 is 4.74 Å².